The Morgan fingerprint density at radius 2 is 1.75 bits per heavy atom. The first-order valence-electron chi connectivity index (χ1n) is 10.1. The van der Waals surface area contributed by atoms with Crippen LogP contribution in [0.1, 0.15) is 17.3 Å². The molecule has 1 N–H and O–H groups in total. The van der Waals surface area contributed by atoms with Crippen LogP contribution in [-0.2, 0) is 14.8 Å². The molecule has 9 nitrogen and oxygen atoms in total. The van der Waals surface area contributed by atoms with E-state index in [1.54, 1.807) is 30.0 Å². The lowest BCUT2D eigenvalue weighted by Crippen LogP contribution is -2.46. The fourth-order valence-corrected chi connectivity index (χ4v) is 4.11. The second kappa shape index (κ2) is 9.27. The average Bonchev–Trinajstić information content (AvgIpc) is 2.74. The number of ether oxygens (including phenoxy) is 1. The van der Waals surface area contributed by atoms with Gasteiger partial charge in [-0.3, -0.25) is 9.59 Å². The first kappa shape index (κ1) is 23.7. The lowest BCUT2D eigenvalue weighted by molar-refractivity contribution is -0.125. The van der Waals surface area contributed by atoms with Gasteiger partial charge in [0.25, 0.3) is 11.8 Å². The molecular weight excluding hydrogens is 432 g/mol. The van der Waals surface area contributed by atoms with Crippen molar-refractivity contribution < 1.29 is 22.7 Å². The molecule has 0 saturated heterocycles. The maximum absolute atomic E-state index is 12.7. The summed E-state index contributed by atoms with van der Waals surface area (Å²) in [6.45, 7) is 2.93. The molecule has 32 heavy (non-hydrogen) atoms. The number of carbonyl (C=O) groups excluding carboxylic acids is 2. The van der Waals surface area contributed by atoms with E-state index in [1.165, 1.54) is 38.4 Å². The van der Waals surface area contributed by atoms with Crippen LogP contribution in [0.4, 0.5) is 11.4 Å². The lowest BCUT2D eigenvalue weighted by Gasteiger charge is -2.34. The zero-order valence-corrected chi connectivity index (χ0v) is 19.6. The number of fused-ring (bicyclic) bond motifs is 1. The van der Waals surface area contributed by atoms with Crippen LogP contribution < -0.4 is 15.0 Å². The molecule has 0 saturated carbocycles. The number of anilines is 2. The summed E-state index contributed by atoms with van der Waals surface area (Å²) in [5.74, 6) is 0.0214. The minimum absolute atomic E-state index is 0.107. The summed E-state index contributed by atoms with van der Waals surface area (Å²) in [4.78, 5) is 29.0. The smallest absolute Gasteiger partial charge is 0.267 e. The first-order valence-corrected chi connectivity index (χ1v) is 11.6. The van der Waals surface area contributed by atoms with Crippen LogP contribution in [-0.4, -0.2) is 76.8 Å². The summed E-state index contributed by atoms with van der Waals surface area (Å²) in [7, 11) is 3.21. The van der Waals surface area contributed by atoms with Gasteiger partial charge in [-0.05, 0) is 57.4 Å². The summed E-state index contributed by atoms with van der Waals surface area (Å²) >= 11 is 0. The number of sulfonamides is 1. The van der Waals surface area contributed by atoms with Gasteiger partial charge in [0, 0.05) is 44.5 Å². The summed E-state index contributed by atoms with van der Waals surface area (Å²) in [5.41, 5.74) is 1.48. The van der Waals surface area contributed by atoms with Crippen molar-refractivity contribution in [2.45, 2.75) is 17.9 Å². The second-order valence-electron chi connectivity index (χ2n) is 8.00. The predicted octanol–water partition coefficient (Wildman–Crippen LogP) is 1.86. The fraction of sp³-hybridized carbons (Fsp3) is 0.364. The number of nitrogens with one attached hydrogen (secondary N) is 1. The Bertz CT molecular complexity index is 1110. The molecule has 0 radical (unpaired) electrons. The number of amides is 2. The van der Waals surface area contributed by atoms with Gasteiger partial charge in [0.1, 0.15) is 5.75 Å². The first-order chi connectivity index (χ1) is 15.0. The molecule has 0 aromatic heterocycles. The van der Waals surface area contributed by atoms with Crippen LogP contribution in [0, 0.1) is 0 Å². The van der Waals surface area contributed by atoms with E-state index in [0.717, 1.165) is 4.31 Å². The van der Waals surface area contributed by atoms with Crippen LogP contribution in [0.3, 0.4) is 0 Å². The van der Waals surface area contributed by atoms with Crippen molar-refractivity contribution in [3.8, 4) is 5.75 Å². The Morgan fingerprint density at radius 1 is 1.09 bits per heavy atom. The predicted molar refractivity (Wildman–Crippen MR) is 123 cm³/mol. The summed E-state index contributed by atoms with van der Waals surface area (Å²) in [6.07, 6.45) is -0.623. The molecule has 2 aromatic carbocycles. The van der Waals surface area contributed by atoms with E-state index in [9.17, 15) is 18.0 Å². The molecule has 1 unspecified atom stereocenters. The molecule has 10 heteroatoms. The molecular formula is C22H28N4O5S. The van der Waals surface area contributed by atoms with E-state index >= 15 is 0 Å². The SMILES string of the molecule is CC1Oc2cc(NC(=O)c3ccc(S(=O)(=O)N(C)C)cc3)ccc2N(CCN(C)C)C1=O. The van der Waals surface area contributed by atoms with Crippen molar-refractivity contribution in [1.82, 2.24) is 9.21 Å². The standard InChI is InChI=1S/C22H28N4O5S/c1-15-22(28)26(13-12-24(2)3)19-11-8-17(14-20(19)31-15)23-21(27)16-6-9-18(10-7-16)32(29,30)25(4)5/h6-11,14-15H,12-13H2,1-5H3,(H,23,27). The molecule has 3 rings (SSSR count). The topological polar surface area (TPSA) is 99.3 Å². The fourth-order valence-electron chi connectivity index (χ4n) is 3.21. The van der Waals surface area contributed by atoms with Gasteiger partial charge in [0.2, 0.25) is 10.0 Å². The number of carbonyl (C=O) groups is 2. The molecule has 1 atom stereocenters. The monoisotopic (exact) mass is 460 g/mol. The molecule has 0 spiro atoms. The van der Waals surface area contributed by atoms with Gasteiger partial charge in [-0.1, -0.05) is 0 Å². The van der Waals surface area contributed by atoms with Gasteiger partial charge in [-0.25, -0.2) is 12.7 Å². The zero-order chi connectivity index (χ0) is 23.6. The number of hydrogen-bond acceptors (Lipinski definition) is 6. The van der Waals surface area contributed by atoms with Gasteiger partial charge in [0.15, 0.2) is 6.10 Å². The van der Waals surface area contributed by atoms with E-state index in [-0.39, 0.29) is 16.7 Å². The van der Waals surface area contributed by atoms with Crippen LogP contribution in [0.15, 0.2) is 47.4 Å². The third-order valence-electron chi connectivity index (χ3n) is 5.09. The maximum Gasteiger partial charge on any atom is 0.267 e. The summed E-state index contributed by atoms with van der Waals surface area (Å²) in [5, 5.41) is 2.79. The Kier molecular flexibility index (Phi) is 6.87. The zero-order valence-electron chi connectivity index (χ0n) is 18.8. The highest BCUT2D eigenvalue weighted by molar-refractivity contribution is 7.89. The molecule has 1 heterocycles. The van der Waals surface area contributed by atoms with Crippen LogP contribution in [0.2, 0.25) is 0 Å². The van der Waals surface area contributed by atoms with E-state index in [0.29, 0.717) is 35.8 Å². The van der Waals surface area contributed by atoms with Crippen LogP contribution in [0.5, 0.6) is 5.75 Å². The highest BCUT2D eigenvalue weighted by Crippen LogP contribution is 2.36. The molecule has 1 aliphatic rings. The molecule has 172 valence electrons. The van der Waals surface area contributed by atoms with Crippen molar-refractivity contribution in [1.29, 1.82) is 0 Å². The highest BCUT2D eigenvalue weighted by atomic mass is 32.2. The third kappa shape index (κ3) is 4.93. The van der Waals surface area contributed by atoms with Gasteiger partial charge < -0.3 is 19.9 Å². The van der Waals surface area contributed by atoms with E-state index in [4.69, 9.17) is 4.74 Å². The van der Waals surface area contributed by atoms with E-state index in [2.05, 4.69) is 5.32 Å². The van der Waals surface area contributed by atoms with Crippen molar-refractivity contribution in [3.05, 3.63) is 48.0 Å². The van der Waals surface area contributed by atoms with Crippen LogP contribution >= 0.6 is 0 Å². The minimum Gasteiger partial charge on any atom is -0.479 e. The third-order valence-corrected chi connectivity index (χ3v) is 6.92. The Balaban J connectivity index is 1.78. The largest absolute Gasteiger partial charge is 0.479 e. The summed E-state index contributed by atoms with van der Waals surface area (Å²) in [6, 6.07) is 10.9. The Morgan fingerprint density at radius 3 is 2.34 bits per heavy atom. The van der Waals surface area contributed by atoms with Gasteiger partial charge in [-0.15, -0.1) is 0 Å². The summed E-state index contributed by atoms with van der Waals surface area (Å²) < 4.78 is 31.2. The Labute approximate surface area is 188 Å². The van der Waals surface area contributed by atoms with Crippen molar-refractivity contribution >= 4 is 33.2 Å². The van der Waals surface area contributed by atoms with Gasteiger partial charge in [0.05, 0.1) is 10.6 Å². The minimum atomic E-state index is -3.56. The number of benzene rings is 2. The van der Waals surface area contributed by atoms with Crippen molar-refractivity contribution in [2.75, 3.05) is 51.5 Å². The van der Waals surface area contributed by atoms with Gasteiger partial charge in [-0.2, -0.15) is 0 Å². The number of hydrogen-bond donors (Lipinski definition) is 1. The second-order valence-corrected chi connectivity index (χ2v) is 10.2. The quantitative estimate of drug-likeness (QED) is 0.677. The van der Waals surface area contributed by atoms with Crippen LogP contribution in [0.25, 0.3) is 0 Å². The van der Waals surface area contributed by atoms with Gasteiger partial charge >= 0.3 is 0 Å². The maximum atomic E-state index is 12.7. The molecule has 2 amide bonds. The molecule has 0 aliphatic carbocycles. The Hall–Kier alpha value is -2.95. The normalized spacial score (nSPS) is 16.2. The molecule has 0 bridgehead atoms. The number of nitrogens with zero attached hydrogens (tertiary/aromatic N) is 3. The van der Waals surface area contributed by atoms with E-state index < -0.39 is 16.1 Å². The number of likely N-dealkylation sites (N-methyl/N-ethyl adjacent to an activating group) is 1. The molecule has 0 fully saturated rings. The average molecular weight is 461 g/mol. The highest BCUT2D eigenvalue weighted by Gasteiger charge is 2.31. The lowest BCUT2D eigenvalue weighted by atomic mass is 10.1. The van der Waals surface area contributed by atoms with Crippen molar-refractivity contribution in [3.63, 3.8) is 0 Å². The van der Waals surface area contributed by atoms with Crippen molar-refractivity contribution in [2.24, 2.45) is 0 Å². The van der Waals surface area contributed by atoms with E-state index in [1.807, 2.05) is 19.0 Å². The molecule has 2 aromatic rings. The number of rotatable bonds is 7. The molecule has 1 aliphatic heterocycles.